The molecule has 3 heterocycles. The van der Waals surface area contributed by atoms with Crippen LogP contribution >= 0.6 is 11.3 Å². The summed E-state index contributed by atoms with van der Waals surface area (Å²) in [4.78, 5) is 30.8. The number of nitrogens with zero attached hydrogens (tertiary/aromatic N) is 4. The standard InChI is InChI=1S/C13H14N4O2S/c1-7-5-6-8(20-7)10-14-11-9(15(10)2)12(18)17(4)13(19)16(11)3/h5-6H,1-4H3. The van der Waals surface area contributed by atoms with Crippen molar-refractivity contribution in [3.63, 3.8) is 0 Å². The number of hydrogen-bond acceptors (Lipinski definition) is 4. The van der Waals surface area contributed by atoms with Crippen molar-refractivity contribution in [1.82, 2.24) is 18.7 Å². The lowest BCUT2D eigenvalue weighted by atomic mass is 10.4. The van der Waals surface area contributed by atoms with Crippen molar-refractivity contribution in [2.24, 2.45) is 21.1 Å². The number of fused-ring (bicyclic) bond motifs is 1. The first kappa shape index (κ1) is 12.9. The van der Waals surface area contributed by atoms with Gasteiger partial charge in [-0.1, -0.05) is 0 Å². The Morgan fingerprint density at radius 3 is 2.35 bits per heavy atom. The van der Waals surface area contributed by atoms with Crippen molar-refractivity contribution >= 4 is 22.5 Å². The van der Waals surface area contributed by atoms with Gasteiger partial charge in [0, 0.05) is 26.0 Å². The summed E-state index contributed by atoms with van der Waals surface area (Å²) in [5.41, 5.74) is 0.171. The third-order valence-corrected chi connectivity index (χ3v) is 4.43. The Kier molecular flexibility index (Phi) is 2.68. The van der Waals surface area contributed by atoms with Gasteiger partial charge in [0.15, 0.2) is 17.0 Å². The highest BCUT2D eigenvalue weighted by Gasteiger charge is 2.18. The Labute approximate surface area is 118 Å². The number of thiophene rings is 1. The van der Waals surface area contributed by atoms with Gasteiger partial charge in [0.25, 0.3) is 5.56 Å². The molecule has 20 heavy (non-hydrogen) atoms. The van der Waals surface area contributed by atoms with Crippen molar-refractivity contribution < 1.29 is 0 Å². The van der Waals surface area contributed by atoms with Gasteiger partial charge in [-0.15, -0.1) is 11.3 Å². The van der Waals surface area contributed by atoms with E-state index in [0.29, 0.717) is 17.0 Å². The normalized spacial score (nSPS) is 11.4. The van der Waals surface area contributed by atoms with Crippen LogP contribution in [0.1, 0.15) is 4.88 Å². The Bertz CT molecular complexity index is 942. The van der Waals surface area contributed by atoms with Crippen molar-refractivity contribution in [2.45, 2.75) is 6.92 Å². The van der Waals surface area contributed by atoms with Crippen LogP contribution in [0, 0.1) is 6.92 Å². The van der Waals surface area contributed by atoms with Crippen LogP contribution in [-0.4, -0.2) is 18.7 Å². The average Bonchev–Trinajstić information content (AvgIpc) is 2.98. The first-order chi connectivity index (χ1) is 9.41. The average molecular weight is 290 g/mol. The number of rotatable bonds is 1. The van der Waals surface area contributed by atoms with E-state index in [1.165, 1.54) is 16.5 Å². The van der Waals surface area contributed by atoms with Crippen LogP contribution in [-0.2, 0) is 21.1 Å². The molecule has 6 nitrogen and oxygen atoms in total. The zero-order valence-electron chi connectivity index (χ0n) is 11.7. The molecule has 0 fully saturated rings. The van der Waals surface area contributed by atoms with E-state index in [2.05, 4.69) is 4.98 Å². The predicted molar refractivity (Wildman–Crippen MR) is 79.2 cm³/mol. The number of aromatic nitrogens is 4. The number of aryl methyl sites for hydroxylation is 3. The summed E-state index contributed by atoms with van der Waals surface area (Å²) in [5.74, 6) is 0.705. The monoisotopic (exact) mass is 290 g/mol. The van der Waals surface area contributed by atoms with Gasteiger partial charge in [0.2, 0.25) is 0 Å². The summed E-state index contributed by atoms with van der Waals surface area (Å²) in [5, 5.41) is 0. The second kappa shape index (κ2) is 4.17. The molecule has 7 heteroatoms. The fourth-order valence-electron chi connectivity index (χ4n) is 2.29. The Morgan fingerprint density at radius 2 is 1.75 bits per heavy atom. The van der Waals surface area contributed by atoms with Crippen molar-refractivity contribution in [2.75, 3.05) is 0 Å². The van der Waals surface area contributed by atoms with Crippen molar-refractivity contribution in [3.8, 4) is 10.7 Å². The second-order valence-corrected chi connectivity index (χ2v) is 6.07. The Hall–Kier alpha value is -2.15. The molecule has 0 atom stereocenters. The molecule has 3 aromatic heterocycles. The maximum absolute atomic E-state index is 12.3. The number of imidazole rings is 1. The van der Waals surface area contributed by atoms with Gasteiger partial charge < -0.3 is 4.57 Å². The van der Waals surface area contributed by atoms with E-state index in [9.17, 15) is 9.59 Å². The Morgan fingerprint density at radius 1 is 1.05 bits per heavy atom. The van der Waals surface area contributed by atoms with E-state index >= 15 is 0 Å². The minimum Gasteiger partial charge on any atom is -0.321 e. The highest BCUT2D eigenvalue weighted by molar-refractivity contribution is 7.15. The van der Waals surface area contributed by atoms with Crippen LogP contribution < -0.4 is 11.2 Å². The van der Waals surface area contributed by atoms with Gasteiger partial charge in [-0.05, 0) is 19.1 Å². The fraction of sp³-hybridized carbons (Fsp3) is 0.308. The first-order valence-corrected chi connectivity index (χ1v) is 6.92. The van der Waals surface area contributed by atoms with Crippen LogP contribution in [0.5, 0.6) is 0 Å². The summed E-state index contributed by atoms with van der Waals surface area (Å²) in [6.45, 7) is 2.02. The summed E-state index contributed by atoms with van der Waals surface area (Å²) < 4.78 is 4.26. The zero-order valence-corrected chi connectivity index (χ0v) is 12.5. The van der Waals surface area contributed by atoms with E-state index in [-0.39, 0.29) is 11.2 Å². The highest BCUT2D eigenvalue weighted by Crippen LogP contribution is 2.27. The molecule has 3 rings (SSSR count). The van der Waals surface area contributed by atoms with Crippen LogP contribution in [0.4, 0.5) is 0 Å². The molecule has 0 saturated heterocycles. The topological polar surface area (TPSA) is 61.8 Å². The molecule has 0 radical (unpaired) electrons. The maximum atomic E-state index is 12.3. The second-order valence-electron chi connectivity index (χ2n) is 4.78. The third-order valence-electron chi connectivity index (χ3n) is 3.44. The molecular formula is C13H14N4O2S. The van der Waals surface area contributed by atoms with Crippen molar-refractivity contribution in [1.29, 1.82) is 0 Å². The smallest absolute Gasteiger partial charge is 0.321 e. The molecule has 0 bridgehead atoms. The Balaban J connectivity index is 2.48. The quantitative estimate of drug-likeness (QED) is 0.672. The zero-order chi connectivity index (χ0) is 14.6. The molecule has 0 aliphatic carbocycles. The lowest BCUT2D eigenvalue weighted by molar-refractivity contribution is 0.705. The van der Waals surface area contributed by atoms with Crippen molar-refractivity contribution in [3.05, 3.63) is 37.8 Å². The fourth-order valence-corrected chi connectivity index (χ4v) is 3.19. The van der Waals surface area contributed by atoms with E-state index < -0.39 is 0 Å². The minimum absolute atomic E-state index is 0.322. The van der Waals surface area contributed by atoms with E-state index in [0.717, 1.165) is 9.44 Å². The van der Waals surface area contributed by atoms with Crippen LogP contribution in [0.3, 0.4) is 0 Å². The molecule has 0 aliphatic rings. The molecule has 0 spiro atoms. The molecular weight excluding hydrogens is 276 g/mol. The third kappa shape index (κ3) is 1.59. The molecule has 0 amide bonds. The molecule has 3 aromatic rings. The number of hydrogen-bond donors (Lipinski definition) is 0. The molecule has 0 aliphatic heterocycles. The molecule has 0 aromatic carbocycles. The van der Waals surface area contributed by atoms with Crippen LogP contribution in [0.2, 0.25) is 0 Å². The largest absolute Gasteiger partial charge is 0.332 e. The van der Waals surface area contributed by atoms with Crippen LogP contribution in [0.15, 0.2) is 21.7 Å². The van der Waals surface area contributed by atoms with E-state index in [1.54, 1.807) is 30.0 Å². The molecule has 104 valence electrons. The summed E-state index contributed by atoms with van der Waals surface area (Å²) >= 11 is 1.61. The van der Waals surface area contributed by atoms with E-state index in [1.807, 2.05) is 19.1 Å². The van der Waals surface area contributed by atoms with Gasteiger partial charge in [0.1, 0.15) is 0 Å². The lowest BCUT2D eigenvalue weighted by Crippen LogP contribution is -2.37. The van der Waals surface area contributed by atoms with Gasteiger partial charge in [0.05, 0.1) is 4.88 Å². The molecule has 0 saturated carbocycles. The van der Waals surface area contributed by atoms with Gasteiger partial charge in [-0.25, -0.2) is 9.78 Å². The van der Waals surface area contributed by atoms with E-state index in [4.69, 9.17) is 0 Å². The van der Waals surface area contributed by atoms with Gasteiger partial charge in [-0.3, -0.25) is 13.9 Å². The first-order valence-electron chi connectivity index (χ1n) is 6.11. The molecule has 0 N–H and O–H groups in total. The van der Waals surface area contributed by atoms with Crippen LogP contribution in [0.25, 0.3) is 21.9 Å². The minimum atomic E-state index is -0.366. The summed E-state index contributed by atoms with van der Waals surface area (Å²) in [6.07, 6.45) is 0. The lowest BCUT2D eigenvalue weighted by Gasteiger charge is -2.03. The van der Waals surface area contributed by atoms with Gasteiger partial charge in [-0.2, -0.15) is 0 Å². The maximum Gasteiger partial charge on any atom is 0.332 e. The molecule has 0 unspecified atom stereocenters. The SMILES string of the molecule is Cc1ccc(-c2nc3c(c(=O)n(C)c(=O)n3C)n2C)s1. The predicted octanol–water partition coefficient (Wildman–Crippen LogP) is 1.01. The summed E-state index contributed by atoms with van der Waals surface area (Å²) in [6, 6.07) is 3.99. The highest BCUT2D eigenvalue weighted by atomic mass is 32.1. The van der Waals surface area contributed by atoms with Gasteiger partial charge >= 0.3 is 5.69 Å². The summed E-state index contributed by atoms with van der Waals surface area (Å²) in [7, 11) is 4.90.